The number of amides is 2. The van der Waals surface area contributed by atoms with E-state index in [4.69, 9.17) is 0 Å². The average Bonchev–Trinajstić information content (AvgIpc) is 2.65. The zero-order chi connectivity index (χ0) is 18.9. The van der Waals surface area contributed by atoms with Gasteiger partial charge in [-0.15, -0.1) is 0 Å². The summed E-state index contributed by atoms with van der Waals surface area (Å²) in [6, 6.07) is 15.2. The molecule has 2 N–H and O–H groups in total. The number of anilines is 1. The predicted octanol–water partition coefficient (Wildman–Crippen LogP) is 4.57. The van der Waals surface area contributed by atoms with Gasteiger partial charge in [0, 0.05) is 11.0 Å². The van der Waals surface area contributed by atoms with Gasteiger partial charge in [-0.2, -0.15) is 0 Å². The number of hydrogen-bond donors (Lipinski definition) is 2. The molecule has 136 valence electrons. The summed E-state index contributed by atoms with van der Waals surface area (Å²) in [4.78, 5) is 24.1. The molecule has 0 fully saturated rings. The van der Waals surface area contributed by atoms with Crippen LogP contribution in [-0.4, -0.2) is 18.4 Å². The monoisotopic (exact) mass is 414 g/mol. The van der Waals surface area contributed by atoms with Crippen LogP contribution in [0.2, 0.25) is 0 Å². The van der Waals surface area contributed by atoms with Crippen LogP contribution in [0.1, 0.15) is 29.3 Å². The molecule has 2 aromatic rings. The van der Waals surface area contributed by atoms with Crippen LogP contribution in [0.25, 0.3) is 0 Å². The van der Waals surface area contributed by atoms with Crippen molar-refractivity contribution in [2.24, 2.45) is 5.92 Å². The second-order valence-corrected chi connectivity index (χ2v) is 6.97. The van der Waals surface area contributed by atoms with Crippen molar-refractivity contribution in [1.29, 1.82) is 0 Å². The number of benzene rings is 2. The first-order valence-electron chi connectivity index (χ1n) is 8.58. The van der Waals surface area contributed by atoms with E-state index in [9.17, 15) is 9.59 Å². The summed E-state index contributed by atoms with van der Waals surface area (Å²) in [6.45, 7) is 6.13. The highest BCUT2D eigenvalue weighted by Crippen LogP contribution is 2.18. The summed E-state index contributed by atoms with van der Waals surface area (Å²) < 4.78 is 1.06. The molecule has 0 aliphatic carbocycles. The van der Waals surface area contributed by atoms with E-state index in [1.165, 1.54) is 11.6 Å². The standard InChI is InChI=1S/C21H23BrN2O2/c1-3-15(12-16-8-7-9-17(22)13-16)14-23-21(26)18-10-5-6-11-19(18)24-20(25)4-2/h4-11,13,15H,2-3,12,14H2,1H3,(H,23,26)(H,24,25). The fraction of sp³-hybridized carbons (Fsp3) is 0.238. The van der Waals surface area contributed by atoms with Crippen molar-refractivity contribution >= 4 is 33.4 Å². The minimum absolute atomic E-state index is 0.197. The van der Waals surface area contributed by atoms with Crippen LogP contribution < -0.4 is 10.6 Å². The number of hydrogen-bond acceptors (Lipinski definition) is 2. The van der Waals surface area contributed by atoms with Gasteiger partial charge in [0.2, 0.25) is 5.91 Å². The van der Waals surface area contributed by atoms with E-state index in [1.54, 1.807) is 24.3 Å². The molecule has 0 spiro atoms. The van der Waals surface area contributed by atoms with Gasteiger partial charge in [0.15, 0.2) is 0 Å². The van der Waals surface area contributed by atoms with Gasteiger partial charge in [0.1, 0.15) is 0 Å². The van der Waals surface area contributed by atoms with E-state index in [-0.39, 0.29) is 11.8 Å². The van der Waals surface area contributed by atoms with Gasteiger partial charge in [0.25, 0.3) is 5.91 Å². The van der Waals surface area contributed by atoms with Crippen LogP contribution in [0.4, 0.5) is 5.69 Å². The molecule has 2 rings (SSSR count). The van der Waals surface area contributed by atoms with Crippen molar-refractivity contribution in [2.75, 3.05) is 11.9 Å². The Morgan fingerprint density at radius 3 is 2.65 bits per heavy atom. The van der Waals surface area contributed by atoms with Crippen molar-refractivity contribution < 1.29 is 9.59 Å². The molecule has 0 aromatic heterocycles. The maximum Gasteiger partial charge on any atom is 0.253 e. The van der Waals surface area contributed by atoms with E-state index in [1.807, 2.05) is 12.1 Å². The Morgan fingerprint density at radius 2 is 1.96 bits per heavy atom. The molecule has 2 aromatic carbocycles. The van der Waals surface area contributed by atoms with E-state index in [2.05, 4.69) is 52.2 Å². The van der Waals surface area contributed by atoms with Crippen LogP contribution in [0, 0.1) is 5.92 Å². The molecule has 26 heavy (non-hydrogen) atoms. The molecule has 0 aliphatic heterocycles. The van der Waals surface area contributed by atoms with E-state index >= 15 is 0 Å². The van der Waals surface area contributed by atoms with Crippen LogP contribution >= 0.6 is 15.9 Å². The van der Waals surface area contributed by atoms with Crippen molar-refractivity contribution in [1.82, 2.24) is 5.32 Å². The third-order valence-electron chi connectivity index (χ3n) is 4.16. The Balaban J connectivity index is 2.00. The molecular formula is C21H23BrN2O2. The molecular weight excluding hydrogens is 392 g/mol. The first-order valence-corrected chi connectivity index (χ1v) is 9.37. The van der Waals surface area contributed by atoms with Gasteiger partial charge < -0.3 is 10.6 Å². The number of carbonyl (C=O) groups excluding carboxylic acids is 2. The number of nitrogens with one attached hydrogen (secondary N) is 2. The number of halogens is 1. The Kier molecular flexibility index (Phi) is 7.60. The summed E-state index contributed by atoms with van der Waals surface area (Å²) >= 11 is 3.49. The summed E-state index contributed by atoms with van der Waals surface area (Å²) in [6.07, 6.45) is 3.03. The summed E-state index contributed by atoms with van der Waals surface area (Å²) in [5.41, 5.74) is 2.16. The Morgan fingerprint density at radius 1 is 1.19 bits per heavy atom. The molecule has 0 bridgehead atoms. The average molecular weight is 415 g/mol. The van der Waals surface area contributed by atoms with E-state index in [0.29, 0.717) is 23.7 Å². The van der Waals surface area contributed by atoms with Crippen LogP contribution in [0.15, 0.2) is 65.7 Å². The van der Waals surface area contributed by atoms with E-state index < -0.39 is 0 Å². The SMILES string of the molecule is C=CC(=O)Nc1ccccc1C(=O)NCC(CC)Cc1cccc(Br)c1. The zero-order valence-electron chi connectivity index (χ0n) is 14.8. The topological polar surface area (TPSA) is 58.2 Å². The van der Waals surface area contributed by atoms with Gasteiger partial charge in [0.05, 0.1) is 11.3 Å². The number of rotatable bonds is 8. The molecule has 0 saturated heterocycles. The predicted molar refractivity (Wildman–Crippen MR) is 109 cm³/mol. The second kappa shape index (κ2) is 9.92. The minimum Gasteiger partial charge on any atom is -0.352 e. The normalized spacial score (nSPS) is 11.5. The highest BCUT2D eigenvalue weighted by atomic mass is 79.9. The van der Waals surface area contributed by atoms with Gasteiger partial charge in [-0.1, -0.05) is 60.1 Å². The summed E-state index contributed by atoms with van der Waals surface area (Å²) in [5, 5.41) is 5.65. The lowest BCUT2D eigenvalue weighted by Gasteiger charge is -2.17. The lowest BCUT2D eigenvalue weighted by atomic mass is 9.97. The van der Waals surface area contributed by atoms with Gasteiger partial charge >= 0.3 is 0 Å². The van der Waals surface area contributed by atoms with Crippen molar-refractivity contribution in [3.63, 3.8) is 0 Å². The fourth-order valence-corrected chi connectivity index (χ4v) is 3.11. The molecule has 0 heterocycles. The first kappa shape index (κ1) is 19.9. The molecule has 1 unspecified atom stereocenters. The molecule has 1 atom stereocenters. The Labute approximate surface area is 162 Å². The van der Waals surface area contributed by atoms with Gasteiger partial charge in [-0.25, -0.2) is 0 Å². The molecule has 0 saturated carbocycles. The van der Waals surface area contributed by atoms with Crippen molar-refractivity contribution in [2.45, 2.75) is 19.8 Å². The maximum atomic E-state index is 12.6. The molecule has 0 aliphatic rings. The molecule has 0 radical (unpaired) electrons. The largest absolute Gasteiger partial charge is 0.352 e. The third kappa shape index (κ3) is 5.85. The highest BCUT2D eigenvalue weighted by Gasteiger charge is 2.14. The fourth-order valence-electron chi connectivity index (χ4n) is 2.66. The Bertz CT molecular complexity index is 789. The zero-order valence-corrected chi connectivity index (χ0v) is 16.4. The van der Waals surface area contributed by atoms with Crippen LogP contribution in [0.5, 0.6) is 0 Å². The molecule has 4 nitrogen and oxygen atoms in total. The number of carbonyl (C=O) groups is 2. The Hall–Kier alpha value is -2.40. The first-order chi connectivity index (χ1) is 12.5. The lowest BCUT2D eigenvalue weighted by Crippen LogP contribution is -2.30. The van der Waals surface area contributed by atoms with Crippen LogP contribution in [0.3, 0.4) is 0 Å². The number of para-hydroxylation sites is 1. The maximum absolute atomic E-state index is 12.6. The summed E-state index contributed by atoms with van der Waals surface area (Å²) in [5.74, 6) is -0.202. The second-order valence-electron chi connectivity index (χ2n) is 6.06. The van der Waals surface area contributed by atoms with E-state index in [0.717, 1.165) is 17.3 Å². The smallest absolute Gasteiger partial charge is 0.253 e. The quantitative estimate of drug-likeness (QED) is 0.621. The van der Waals surface area contributed by atoms with Crippen LogP contribution in [-0.2, 0) is 11.2 Å². The lowest BCUT2D eigenvalue weighted by molar-refractivity contribution is -0.111. The third-order valence-corrected chi connectivity index (χ3v) is 4.65. The summed E-state index contributed by atoms with van der Waals surface area (Å²) in [7, 11) is 0. The van der Waals surface area contributed by atoms with Crippen molar-refractivity contribution in [3.8, 4) is 0 Å². The highest BCUT2D eigenvalue weighted by molar-refractivity contribution is 9.10. The van der Waals surface area contributed by atoms with Gasteiger partial charge in [-0.3, -0.25) is 9.59 Å². The molecule has 2 amide bonds. The van der Waals surface area contributed by atoms with Crippen molar-refractivity contribution in [3.05, 3.63) is 76.8 Å². The molecule has 5 heteroatoms. The minimum atomic E-state index is -0.341. The van der Waals surface area contributed by atoms with Gasteiger partial charge in [-0.05, 0) is 48.2 Å².